The monoisotopic (exact) mass is 446 g/mol. The van der Waals surface area contributed by atoms with Crippen LogP contribution in [0.25, 0.3) is 0 Å². The molecule has 2 N–H and O–H groups in total. The predicted octanol–water partition coefficient (Wildman–Crippen LogP) is 3.49. The third-order valence-electron chi connectivity index (χ3n) is 3.87. The minimum Gasteiger partial charge on any atom is -0.497 e. The topological polar surface area (TPSA) is 93.2 Å². The van der Waals surface area contributed by atoms with Crippen molar-refractivity contribution >= 4 is 40.6 Å². The molecule has 0 aliphatic rings. The molecule has 156 valence electrons. The molecule has 0 saturated heterocycles. The Labute approximate surface area is 181 Å². The van der Waals surface area contributed by atoms with Gasteiger partial charge < -0.3 is 15.4 Å². The normalized spacial score (nSPS) is 10.5. The minimum atomic E-state index is -0.410. The lowest BCUT2D eigenvalue weighted by Gasteiger charge is -2.06. The van der Waals surface area contributed by atoms with Crippen LogP contribution in [0, 0.1) is 5.82 Å². The smallest absolute Gasteiger partial charge is 0.286 e. The van der Waals surface area contributed by atoms with Crippen LogP contribution in [0.1, 0.15) is 20.4 Å². The number of carbonyl (C=O) groups is 2. The van der Waals surface area contributed by atoms with Crippen LogP contribution < -0.4 is 15.4 Å². The summed E-state index contributed by atoms with van der Waals surface area (Å²) < 4.78 is 18.0. The molecule has 0 aliphatic heterocycles. The molecule has 10 heteroatoms. The van der Waals surface area contributed by atoms with Gasteiger partial charge in [-0.1, -0.05) is 23.5 Å². The zero-order valence-corrected chi connectivity index (χ0v) is 17.7. The lowest BCUT2D eigenvalue weighted by molar-refractivity contribution is -0.118. The molecule has 0 fully saturated rings. The molecule has 30 heavy (non-hydrogen) atoms. The first-order valence-corrected chi connectivity index (χ1v) is 10.9. The summed E-state index contributed by atoms with van der Waals surface area (Å²) in [7, 11) is 1.60. The van der Waals surface area contributed by atoms with Gasteiger partial charge in [-0.2, -0.15) is 0 Å². The van der Waals surface area contributed by atoms with Crippen LogP contribution in [0.3, 0.4) is 0 Å². The highest BCUT2D eigenvalue weighted by Gasteiger charge is 2.13. The Morgan fingerprint density at radius 1 is 1.10 bits per heavy atom. The van der Waals surface area contributed by atoms with Crippen molar-refractivity contribution in [3.8, 4) is 5.75 Å². The maximum Gasteiger partial charge on any atom is 0.286 e. The van der Waals surface area contributed by atoms with Crippen LogP contribution in [0.4, 0.5) is 10.1 Å². The Morgan fingerprint density at radius 3 is 2.53 bits per heavy atom. The highest BCUT2D eigenvalue weighted by atomic mass is 32.2. The number of aromatic nitrogens is 2. The SMILES string of the molecule is COc1ccc(CNC(=O)CSCc2nnc(C(=O)Nc3ccc(F)cc3)s2)cc1. The summed E-state index contributed by atoms with van der Waals surface area (Å²) in [5.74, 6) is 0.631. The second-order valence-electron chi connectivity index (χ2n) is 6.08. The van der Waals surface area contributed by atoms with Crippen molar-refractivity contribution in [3.05, 3.63) is 69.9 Å². The number of halogens is 1. The number of nitrogens with one attached hydrogen (secondary N) is 2. The van der Waals surface area contributed by atoms with Gasteiger partial charge in [-0.05, 0) is 42.0 Å². The molecule has 0 atom stereocenters. The van der Waals surface area contributed by atoms with Crippen molar-refractivity contribution < 1.29 is 18.7 Å². The first kappa shape index (κ1) is 21.7. The Balaban J connectivity index is 1.39. The van der Waals surface area contributed by atoms with Gasteiger partial charge in [0.25, 0.3) is 5.91 Å². The summed E-state index contributed by atoms with van der Waals surface area (Å²) in [6, 6.07) is 12.9. The van der Waals surface area contributed by atoms with E-state index >= 15 is 0 Å². The molecule has 1 aromatic heterocycles. The highest BCUT2D eigenvalue weighted by molar-refractivity contribution is 7.99. The van der Waals surface area contributed by atoms with E-state index in [-0.39, 0.29) is 22.5 Å². The quantitative estimate of drug-likeness (QED) is 0.523. The number of rotatable bonds is 9. The van der Waals surface area contributed by atoms with Gasteiger partial charge in [0.1, 0.15) is 16.6 Å². The van der Waals surface area contributed by atoms with E-state index in [0.29, 0.717) is 23.0 Å². The molecule has 0 aliphatic carbocycles. The van der Waals surface area contributed by atoms with Gasteiger partial charge >= 0.3 is 0 Å². The fraction of sp³-hybridized carbons (Fsp3) is 0.200. The third kappa shape index (κ3) is 6.53. The van der Waals surface area contributed by atoms with Crippen molar-refractivity contribution in [1.82, 2.24) is 15.5 Å². The summed E-state index contributed by atoms with van der Waals surface area (Å²) in [5, 5.41) is 14.2. The number of carbonyl (C=O) groups excluding carboxylic acids is 2. The van der Waals surface area contributed by atoms with E-state index in [4.69, 9.17) is 4.74 Å². The number of anilines is 1. The largest absolute Gasteiger partial charge is 0.497 e. The predicted molar refractivity (Wildman–Crippen MR) is 115 cm³/mol. The van der Waals surface area contributed by atoms with Gasteiger partial charge in [-0.3, -0.25) is 9.59 Å². The van der Waals surface area contributed by atoms with Gasteiger partial charge in [-0.15, -0.1) is 22.0 Å². The fourth-order valence-electron chi connectivity index (χ4n) is 2.35. The lowest BCUT2D eigenvalue weighted by atomic mass is 10.2. The van der Waals surface area contributed by atoms with E-state index in [1.165, 1.54) is 36.0 Å². The van der Waals surface area contributed by atoms with Crippen LogP contribution >= 0.6 is 23.1 Å². The van der Waals surface area contributed by atoms with Crippen molar-refractivity contribution in [2.24, 2.45) is 0 Å². The van der Waals surface area contributed by atoms with E-state index in [2.05, 4.69) is 20.8 Å². The van der Waals surface area contributed by atoms with Crippen LogP contribution in [-0.4, -0.2) is 34.9 Å². The van der Waals surface area contributed by atoms with Crippen molar-refractivity contribution in [2.45, 2.75) is 12.3 Å². The summed E-state index contributed by atoms with van der Waals surface area (Å²) in [6.07, 6.45) is 0. The average Bonchev–Trinajstić information content (AvgIpc) is 3.23. The number of ether oxygens (including phenoxy) is 1. The molecule has 2 amide bonds. The van der Waals surface area contributed by atoms with Crippen LogP contribution in [0.2, 0.25) is 0 Å². The Bertz CT molecular complexity index is 994. The fourth-order valence-corrected chi connectivity index (χ4v) is 3.99. The van der Waals surface area contributed by atoms with Gasteiger partial charge in [0, 0.05) is 18.0 Å². The minimum absolute atomic E-state index is 0.0883. The molecule has 0 saturated carbocycles. The van der Waals surface area contributed by atoms with E-state index in [0.717, 1.165) is 22.6 Å². The Kier molecular flexibility index (Phi) is 7.75. The number of nitrogens with zero attached hydrogens (tertiary/aromatic N) is 2. The third-order valence-corrected chi connectivity index (χ3v) is 5.92. The summed E-state index contributed by atoms with van der Waals surface area (Å²) in [5.41, 5.74) is 1.45. The summed E-state index contributed by atoms with van der Waals surface area (Å²) in [6.45, 7) is 0.440. The molecule has 0 bridgehead atoms. The Hall–Kier alpha value is -2.98. The zero-order chi connectivity index (χ0) is 21.3. The van der Waals surface area contributed by atoms with E-state index in [1.54, 1.807) is 7.11 Å². The zero-order valence-electron chi connectivity index (χ0n) is 16.1. The van der Waals surface area contributed by atoms with Crippen molar-refractivity contribution in [1.29, 1.82) is 0 Å². The van der Waals surface area contributed by atoms with Gasteiger partial charge in [0.2, 0.25) is 10.9 Å². The van der Waals surface area contributed by atoms with Crippen molar-refractivity contribution in [2.75, 3.05) is 18.2 Å². The summed E-state index contributed by atoms with van der Waals surface area (Å²) >= 11 is 2.54. The first-order chi connectivity index (χ1) is 14.5. The van der Waals surface area contributed by atoms with Crippen molar-refractivity contribution in [3.63, 3.8) is 0 Å². The standard InChI is InChI=1S/C20H19FN4O3S2/c1-28-16-8-2-13(3-9-16)10-22-17(26)11-29-12-18-24-25-20(30-18)19(27)23-15-6-4-14(21)5-7-15/h2-9H,10-12H2,1H3,(H,22,26)(H,23,27). The van der Waals surface area contributed by atoms with E-state index in [1.807, 2.05) is 24.3 Å². The highest BCUT2D eigenvalue weighted by Crippen LogP contribution is 2.18. The van der Waals surface area contributed by atoms with E-state index in [9.17, 15) is 14.0 Å². The molecule has 0 unspecified atom stereocenters. The van der Waals surface area contributed by atoms with Gasteiger partial charge in [-0.25, -0.2) is 4.39 Å². The Morgan fingerprint density at radius 2 is 1.83 bits per heavy atom. The molecule has 2 aromatic carbocycles. The lowest BCUT2D eigenvalue weighted by Crippen LogP contribution is -2.24. The average molecular weight is 447 g/mol. The molecular formula is C20H19FN4O3S2. The van der Waals surface area contributed by atoms with Crippen LogP contribution in [0.15, 0.2) is 48.5 Å². The second kappa shape index (κ2) is 10.7. The van der Waals surface area contributed by atoms with Gasteiger partial charge in [0.05, 0.1) is 12.9 Å². The number of thioether (sulfide) groups is 1. The maximum absolute atomic E-state index is 12.9. The first-order valence-electron chi connectivity index (χ1n) is 8.90. The maximum atomic E-state index is 12.9. The molecule has 0 radical (unpaired) electrons. The van der Waals surface area contributed by atoms with Crippen LogP contribution in [0.5, 0.6) is 5.75 Å². The number of benzene rings is 2. The number of methoxy groups -OCH3 is 1. The molecule has 3 rings (SSSR count). The van der Waals surface area contributed by atoms with Gasteiger partial charge in [0.15, 0.2) is 0 Å². The van der Waals surface area contributed by atoms with E-state index < -0.39 is 5.91 Å². The van der Waals surface area contributed by atoms with Crippen LogP contribution in [-0.2, 0) is 17.1 Å². The molecule has 7 nitrogen and oxygen atoms in total. The number of hydrogen-bond donors (Lipinski definition) is 2. The molecule has 1 heterocycles. The number of amides is 2. The molecule has 3 aromatic rings. The summed E-state index contributed by atoms with van der Waals surface area (Å²) in [4.78, 5) is 24.2. The molecular weight excluding hydrogens is 427 g/mol. The molecule has 0 spiro atoms. The second-order valence-corrected chi connectivity index (χ2v) is 8.13. The number of hydrogen-bond acceptors (Lipinski definition) is 7.